The molecule has 4 aromatic carbocycles. The second-order valence-corrected chi connectivity index (χ2v) is 21.5. The molecule has 64 heavy (non-hydrogen) atoms. The monoisotopic (exact) mass is 1020 g/mol. The predicted molar refractivity (Wildman–Crippen MR) is 280 cm³/mol. The van der Waals surface area contributed by atoms with Gasteiger partial charge in [0.05, 0.1) is 5.60 Å². The molecule has 0 bridgehead atoms. The van der Waals surface area contributed by atoms with Gasteiger partial charge in [-0.3, -0.25) is 4.79 Å². The molecule has 3 aliphatic rings. The Labute approximate surface area is 447 Å². The smallest absolute Gasteiger partial charge is 1.00 e. The Morgan fingerprint density at radius 2 is 0.891 bits per heavy atom. The number of ketones is 1. The molecule has 0 aliphatic heterocycles. The zero-order chi connectivity index (χ0) is 45.0. The van der Waals surface area contributed by atoms with Crippen LogP contribution in [0.5, 0.6) is 0 Å². The van der Waals surface area contributed by atoms with Crippen molar-refractivity contribution in [3.8, 4) is 0 Å². The van der Waals surface area contributed by atoms with Crippen molar-refractivity contribution in [3.63, 3.8) is 0 Å². The molecular weight excluding hydrogens is 937 g/mol. The van der Waals surface area contributed by atoms with E-state index in [-0.39, 0.29) is 65.9 Å². The molecule has 3 fully saturated rings. The van der Waals surface area contributed by atoms with Gasteiger partial charge in [0, 0.05) is 17.3 Å². The third kappa shape index (κ3) is 21.1. The van der Waals surface area contributed by atoms with Gasteiger partial charge < -0.3 is 24.9 Å². The van der Waals surface area contributed by atoms with Gasteiger partial charge in [0.2, 0.25) is 0 Å². The molecule has 0 amide bonds. The van der Waals surface area contributed by atoms with Crippen LogP contribution in [0.3, 0.4) is 0 Å². The van der Waals surface area contributed by atoms with E-state index in [2.05, 4.69) is 134 Å². The minimum Gasteiger partial charge on any atom is -1.00 e. The molecule has 0 unspecified atom stereocenters. The van der Waals surface area contributed by atoms with Gasteiger partial charge in [-0.15, -0.1) is 0 Å². The number of Topliss-reactive ketones (excluding diaryl/α,β-unsaturated/α-hetero) is 1. The molecule has 7 rings (SSSR count). The summed E-state index contributed by atoms with van der Waals surface area (Å²) in [6.45, 7) is 23.6. The molecule has 3 aliphatic carbocycles. The summed E-state index contributed by atoms with van der Waals surface area (Å²) in [4.78, 5) is 11.0. The summed E-state index contributed by atoms with van der Waals surface area (Å²) >= 11 is 3.31. The maximum Gasteiger partial charge on any atom is 2.00 e. The van der Waals surface area contributed by atoms with Crippen LogP contribution >= 0.6 is 15.9 Å². The second kappa shape index (κ2) is 31.2. The standard InChI is InChI=1S/C18H28.C17H26O.C11H20O.C6H5Br.C6H5.BrH.2Mg.2H/c1-5-17(2,3)15-11-13-18(4,14-12-15)16-9-7-6-8-10-16;1-4-16(2,3)14-10-12-17(18,13-11-14)15-8-6-5-7-9-15;1-4-11(2,3)9-5-7-10(12)8-6-9;7-6-4-2-1-3-5-6;1-2-4-6-5-3-1;;;;;/h6-10,15H,5,11-14H2,1-4H3;5-9,14,18H,4,10-13H2,1-3H3;9H,4-8H2,1-3H3;1-5H;1-5H;1H;;;;/q;;;;-1;;2*+2;2*-1/p-1. The van der Waals surface area contributed by atoms with E-state index in [0.29, 0.717) is 27.4 Å². The van der Waals surface area contributed by atoms with Crippen LogP contribution in [0.2, 0.25) is 0 Å². The Hall–Kier alpha value is -0.998. The molecule has 6 heteroatoms. The van der Waals surface area contributed by atoms with Gasteiger partial charge in [-0.2, -0.15) is 36.4 Å². The maximum atomic E-state index is 11.0. The Bertz CT molecular complexity index is 1650. The van der Waals surface area contributed by atoms with Gasteiger partial charge in [-0.05, 0) is 127 Å². The second-order valence-electron chi connectivity index (χ2n) is 20.6. The van der Waals surface area contributed by atoms with Crippen LogP contribution in [0, 0.1) is 40.1 Å². The van der Waals surface area contributed by atoms with Gasteiger partial charge in [-0.1, -0.05) is 183 Å². The summed E-state index contributed by atoms with van der Waals surface area (Å²) in [5.41, 5.74) is 3.86. The average molecular weight is 1020 g/mol. The fraction of sp³-hybridized carbons (Fsp3) is 0.569. The van der Waals surface area contributed by atoms with Gasteiger partial charge in [0.15, 0.2) is 0 Å². The number of hydrogen-bond acceptors (Lipinski definition) is 2. The van der Waals surface area contributed by atoms with Crippen molar-refractivity contribution in [2.45, 2.75) is 177 Å². The predicted octanol–water partition coefficient (Wildman–Crippen LogP) is 13.7. The first-order valence-corrected chi connectivity index (χ1v) is 24.7. The third-order valence-electron chi connectivity index (χ3n) is 15.6. The fourth-order valence-electron chi connectivity index (χ4n) is 9.42. The zero-order valence-electron chi connectivity index (χ0n) is 43.9. The molecule has 0 saturated heterocycles. The van der Waals surface area contributed by atoms with E-state index >= 15 is 0 Å². The summed E-state index contributed by atoms with van der Waals surface area (Å²) in [6, 6.07) is 43.8. The van der Waals surface area contributed by atoms with Crippen molar-refractivity contribution in [3.05, 3.63) is 143 Å². The molecule has 3 saturated carbocycles. The first-order chi connectivity index (χ1) is 28.9. The minimum atomic E-state index is -0.582. The van der Waals surface area contributed by atoms with Crippen LogP contribution in [-0.2, 0) is 15.8 Å². The van der Waals surface area contributed by atoms with Crippen molar-refractivity contribution in [2.75, 3.05) is 0 Å². The third-order valence-corrected chi connectivity index (χ3v) is 16.1. The molecule has 4 aromatic rings. The SMILES string of the molecule is Brc1ccccc1.CCC(C)(C)C1CCC(=O)CC1.CCC(C)(C)C1CCC(C)(c2ccccc2)CC1.CCC(C)(C)C1CCC(O)(c2ccccc2)CC1.[Br-].[H-].[H-].[Mg+2].[Mg+2].[c-]1ccccc1. The molecule has 0 atom stereocenters. The van der Waals surface area contributed by atoms with E-state index < -0.39 is 5.60 Å². The average Bonchev–Trinajstić information content (AvgIpc) is 3.29. The van der Waals surface area contributed by atoms with Crippen molar-refractivity contribution in [1.29, 1.82) is 0 Å². The number of rotatable bonds is 8. The van der Waals surface area contributed by atoms with Crippen LogP contribution < -0.4 is 17.0 Å². The number of aliphatic hydroxyl groups is 1. The van der Waals surface area contributed by atoms with Gasteiger partial charge in [-0.25, -0.2) is 0 Å². The van der Waals surface area contributed by atoms with Gasteiger partial charge >= 0.3 is 46.1 Å². The quantitative estimate of drug-likeness (QED) is 0.141. The van der Waals surface area contributed by atoms with Crippen LogP contribution in [0.25, 0.3) is 0 Å². The molecule has 0 aromatic heterocycles. The number of carbonyl (C=O) groups is 1. The number of benzene rings is 4. The van der Waals surface area contributed by atoms with E-state index in [9.17, 15) is 9.90 Å². The number of halogens is 2. The molecular formula is C58H86Br2Mg2O2. The molecule has 0 spiro atoms. The van der Waals surface area contributed by atoms with Crippen molar-refractivity contribution in [1.82, 2.24) is 0 Å². The van der Waals surface area contributed by atoms with Gasteiger partial charge in [0.1, 0.15) is 5.78 Å². The van der Waals surface area contributed by atoms with E-state index in [1.165, 1.54) is 50.5 Å². The van der Waals surface area contributed by atoms with Crippen LogP contribution in [0.15, 0.2) is 126 Å². The number of carbonyl (C=O) groups excluding carboxylic acids is 1. The summed E-state index contributed by atoms with van der Waals surface area (Å²) in [6.07, 6.45) is 17.3. The first-order valence-electron chi connectivity index (χ1n) is 23.9. The number of hydrogen-bond donors (Lipinski definition) is 1. The maximum absolute atomic E-state index is 11.0. The Balaban J connectivity index is -0.000000776. The Kier molecular flexibility index (Phi) is 30.7. The topological polar surface area (TPSA) is 37.3 Å². The summed E-state index contributed by atoms with van der Waals surface area (Å²) in [5.74, 6) is 2.92. The van der Waals surface area contributed by atoms with E-state index in [0.717, 1.165) is 79.2 Å². The fourth-order valence-corrected chi connectivity index (χ4v) is 9.73. The normalized spacial score (nSPS) is 22.2. The molecule has 2 nitrogen and oxygen atoms in total. The molecule has 1 N–H and O–H groups in total. The van der Waals surface area contributed by atoms with Gasteiger partial charge in [0.25, 0.3) is 0 Å². The van der Waals surface area contributed by atoms with E-state index in [1.807, 2.05) is 78.9 Å². The van der Waals surface area contributed by atoms with Crippen LogP contribution in [0.4, 0.5) is 0 Å². The molecule has 0 heterocycles. The van der Waals surface area contributed by atoms with Crippen molar-refractivity contribution in [2.24, 2.45) is 34.0 Å². The molecule has 348 valence electrons. The summed E-state index contributed by atoms with van der Waals surface area (Å²) in [7, 11) is 0. The zero-order valence-corrected chi connectivity index (χ0v) is 47.9. The summed E-state index contributed by atoms with van der Waals surface area (Å²) < 4.78 is 1.13. The Morgan fingerprint density at radius 1 is 0.562 bits per heavy atom. The first kappa shape index (κ1) is 63.0. The van der Waals surface area contributed by atoms with Crippen LogP contribution in [0.1, 0.15) is 180 Å². The Morgan fingerprint density at radius 3 is 1.20 bits per heavy atom. The largest absolute Gasteiger partial charge is 2.00 e. The van der Waals surface area contributed by atoms with E-state index in [1.54, 1.807) is 0 Å². The van der Waals surface area contributed by atoms with Crippen molar-refractivity contribution < 1.29 is 29.7 Å². The van der Waals surface area contributed by atoms with Crippen molar-refractivity contribution >= 4 is 67.8 Å². The summed E-state index contributed by atoms with van der Waals surface area (Å²) in [5, 5.41) is 10.8. The minimum absolute atomic E-state index is 0. The van der Waals surface area contributed by atoms with Crippen LogP contribution in [-0.4, -0.2) is 57.0 Å². The van der Waals surface area contributed by atoms with E-state index in [4.69, 9.17) is 0 Å². The molecule has 0 radical (unpaired) electrons.